The van der Waals surface area contributed by atoms with Crippen LogP contribution in [0.5, 0.6) is 0 Å². The minimum Gasteiger partial charge on any atom is -0.396 e. The van der Waals surface area contributed by atoms with Gasteiger partial charge in [0.15, 0.2) is 0 Å². The van der Waals surface area contributed by atoms with Crippen molar-refractivity contribution in [2.75, 3.05) is 13.7 Å². The molecular weight excluding hydrogens is 206 g/mol. The molecule has 0 radical (unpaired) electrons. The minimum absolute atomic E-state index is 0.0780. The van der Waals surface area contributed by atoms with E-state index in [-0.39, 0.29) is 30.6 Å². The zero-order valence-corrected chi connectivity index (χ0v) is 10.2. The molecule has 4 heteroatoms. The molecule has 94 valence electrons. The molecule has 1 rings (SSSR count). The summed E-state index contributed by atoms with van der Waals surface area (Å²) in [6.45, 7) is 2.14. The van der Waals surface area contributed by atoms with Crippen LogP contribution in [-0.4, -0.2) is 36.9 Å². The summed E-state index contributed by atoms with van der Waals surface area (Å²) in [7, 11) is 1.65. The number of nitrogens with one attached hydrogen (secondary N) is 1. The normalized spacial score (nSPS) is 26.7. The lowest BCUT2D eigenvalue weighted by Crippen LogP contribution is -2.38. The van der Waals surface area contributed by atoms with Gasteiger partial charge in [0.2, 0.25) is 5.91 Å². The summed E-state index contributed by atoms with van der Waals surface area (Å²) >= 11 is 0. The smallest absolute Gasteiger partial charge is 0.220 e. The molecular formula is C12H23NO3. The van der Waals surface area contributed by atoms with Crippen molar-refractivity contribution in [1.82, 2.24) is 5.32 Å². The summed E-state index contributed by atoms with van der Waals surface area (Å²) in [5, 5.41) is 12.1. The molecule has 2 N–H and O–H groups in total. The quantitative estimate of drug-likeness (QED) is 0.716. The second kappa shape index (κ2) is 6.86. The monoisotopic (exact) mass is 229 g/mol. The van der Waals surface area contributed by atoms with E-state index in [0.29, 0.717) is 6.42 Å². The number of carbonyl (C=O) groups excluding carboxylic acids is 1. The summed E-state index contributed by atoms with van der Waals surface area (Å²) in [5.74, 6) is 0.332. The Morgan fingerprint density at radius 2 is 2.31 bits per heavy atom. The van der Waals surface area contributed by atoms with Crippen LogP contribution in [0.3, 0.4) is 0 Å². The SMILES string of the molecule is COC(C)CCC(=O)NC1CCCC1CO. The summed E-state index contributed by atoms with van der Waals surface area (Å²) in [6, 6.07) is 0.176. The van der Waals surface area contributed by atoms with Gasteiger partial charge in [0.25, 0.3) is 0 Å². The molecule has 3 unspecified atom stereocenters. The molecule has 3 atom stereocenters. The highest BCUT2D eigenvalue weighted by Gasteiger charge is 2.27. The highest BCUT2D eigenvalue weighted by atomic mass is 16.5. The molecule has 0 saturated heterocycles. The number of hydrogen-bond acceptors (Lipinski definition) is 3. The predicted octanol–water partition coefficient (Wildman–Crippen LogP) is 1.08. The molecule has 0 spiro atoms. The molecule has 16 heavy (non-hydrogen) atoms. The van der Waals surface area contributed by atoms with Crippen molar-refractivity contribution < 1.29 is 14.6 Å². The molecule has 1 fully saturated rings. The standard InChI is InChI=1S/C12H23NO3/c1-9(16-2)6-7-12(15)13-11-5-3-4-10(11)8-14/h9-11,14H,3-8H2,1-2H3,(H,13,15). The molecule has 0 bridgehead atoms. The maximum Gasteiger partial charge on any atom is 0.220 e. The van der Waals surface area contributed by atoms with Crippen LogP contribution in [-0.2, 0) is 9.53 Å². The minimum atomic E-state index is 0.0780. The van der Waals surface area contributed by atoms with Gasteiger partial charge in [-0.05, 0) is 26.2 Å². The molecule has 0 heterocycles. The molecule has 1 aliphatic carbocycles. The summed E-state index contributed by atoms with van der Waals surface area (Å²) in [6.07, 6.45) is 4.50. The first-order valence-electron chi connectivity index (χ1n) is 6.10. The van der Waals surface area contributed by atoms with Crippen molar-refractivity contribution in [3.8, 4) is 0 Å². The van der Waals surface area contributed by atoms with Gasteiger partial charge in [-0.2, -0.15) is 0 Å². The Hall–Kier alpha value is -0.610. The van der Waals surface area contributed by atoms with E-state index in [1.807, 2.05) is 6.92 Å². The summed E-state index contributed by atoms with van der Waals surface area (Å²) < 4.78 is 5.09. The fraction of sp³-hybridized carbons (Fsp3) is 0.917. The van der Waals surface area contributed by atoms with E-state index >= 15 is 0 Å². The topological polar surface area (TPSA) is 58.6 Å². The van der Waals surface area contributed by atoms with Crippen LogP contribution in [0.1, 0.15) is 39.0 Å². The van der Waals surface area contributed by atoms with Gasteiger partial charge in [-0.3, -0.25) is 4.79 Å². The average Bonchev–Trinajstić information content (AvgIpc) is 2.73. The molecule has 0 aromatic carbocycles. The highest BCUT2D eigenvalue weighted by molar-refractivity contribution is 5.76. The van der Waals surface area contributed by atoms with Gasteiger partial charge < -0.3 is 15.2 Å². The second-order valence-corrected chi connectivity index (χ2v) is 4.63. The third-order valence-electron chi connectivity index (χ3n) is 3.42. The van der Waals surface area contributed by atoms with E-state index in [9.17, 15) is 4.79 Å². The number of carbonyl (C=O) groups is 1. The fourth-order valence-electron chi connectivity index (χ4n) is 2.18. The number of rotatable bonds is 6. The van der Waals surface area contributed by atoms with E-state index in [0.717, 1.165) is 25.7 Å². The predicted molar refractivity (Wildman–Crippen MR) is 62.1 cm³/mol. The fourth-order valence-corrected chi connectivity index (χ4v) is 2.18. The van der Waals surface area contributed by atoms with Gasteiger partial charge >= 0.3 is 0 Å². The van der Waals surface area contributed by atoms with Gasteiger partial charge in [-0.15, -0.1) is 0 Å². The van der Waals surface area contributed by atoms with E-state index < -0.39 is 0 Å². The first kappa shape index (κ1) is 13.5. The largest absolute Gasteiger partial charge is 0.396 e. The van der Waals surface area contributed by atoms with Crippen molar-refractivity contribution >= 4 is 5.91 Å². The molecule has 4 nitrogen and oxygen atoms in total. The third kappa shape index (κ3) is 4.10. The number of aliphatic hydroxyl groups excluding tert-OH is 1. The van der Waals surface area contributed by atoms with Crippen molar-refractivity contribution in [2.24, 2.45) is 5.92 Å². The zero-order chi connectivity index (χ0) is 12.0. The van der Waals surface area contributed by atoms with Gasteiger partial charge in [0, 0.05) is 32.1 Å². The maximum absolute atomic E-state index is 11.6. The number of hydrogen-bond donors (Lipinski definition) is 2. The molecule has 1 saturated carbocycles. The van der Waals surface area contributed by atoms with Crippen LogP contribution >= 0.6 is 0 Å². The summed E-state index contributed by atoms with van der Waals surface area (Å²) in [5.41, 5.74) is 0. The molecule has 0 aromatic rings. The Kier molecular flexibility index (Phi) is 5.77. The van der Waals surface area contributed by atoms with Crippen LogP contribution in [0.2, 0.25) is 0 Å². The molecule has 1 amide bonds. The molecule has 1 aliphatic rings. The van der Waals surface area contributed by atoms with E-state index in [2.05, 4.69) is 5.32 Å². The lowest BCUT2D eigenvalue weighted by Gasteiger charge is -2.19. The molecule has 0 aliphatic heterocycles. The number of amides is 1. The van der Waals surface area contributed by atoms with Crippen molar-refractivity contribution in [1.29, 1.82) is 0 Å². The summed E-state index contributed by atoms with van der Waals surface area (Å²) in [4.78, 5) is 11.6. The number of aliphatic hydroxyl groups is 1. The van der Waals surface area contributed by atoms with Crippen LogP contribution < -0.4 is 5.32 Å². The lowest BCUT2D eigenvalue weighted by atomic mass is 10.0. The first-order valence-corrected chi connectivity index (χ1v) is 6.10. The first-order chi connectivity index (χ1) is 7.67. The number of ether oxygens (including phenoxy) is 1. The third-order valence-corrected chi connectivity index (χ3v) is 3.42. The van der Waals surface area contributed by atoms with E-state index in [1.54, 1.807) is 7.11 Å². The van der Waals surface area contributed by atoms with Crippen molar-refractivity contribution in [3.63, 3.8) is 0 Å². The van der Waals surface area contributed by atoms with Gasteiger partial charge in [0.05, 0.1) is 6.10 Å². The number of methoxy groups -OCH3 is 1. The zero-order valence-electron chi connectivity index (χ0n) is 10.2. The Morgan fingerprint density at radius 3 is 2.94 bits per heavy atom. The van der Waals surface area contributed by atoms with Crippen LogP contribution in [0.25, 0.3) is 0 Å². The van der Waals surface area contributed by atoms with Gasteiger partial charge in [0.1, 0.15) is 0 Å². The van der Waals surface area contributed by atoms with Crippen LogP contribution in [0, 0.1) is 5.92 Å². The van der Waals surface area contributed by atoms with E-state index in [1.165, 1.54) is 0 Å². The highest BCUT2D eigenvalue weighted by Crippen LogP contribution is 2.25. The van der Waals surface area contributed by atoms with Gasteiger partial charge in [-0.1, -0.05) is 6.42 Å². The Bertz CT molecular complexity index is 220. The van der Waals surface area contributed by atoms with Gasteiger partial charge in [-0.25, -0.2) is 0 Å². The second-order valence-electron chi connectivity index (χ2n) is 4.63. The van der Waals surface area contributed by atoms with E-state index in [4.69, 9.17) is 9.84 Å². The van der Waals surface area contributed by atoms with Crippen LogP contribution in [0.4, 0.5) is 0 Å². The Labute approximate surface area is 97.4 Å². The van der Waals surface area contributed by atoms with Crippen LogP contribution in [0.15, 0.2) is 0 Å². The maximum atomic E-state index is 11.6. The average molecular weight is 229 g/mol. The lowest BCUT2D eigenvalue weighted by molar-refractivity contribution is -0.122. The Balaban J connectivity index is 2.23. The van der Waals surface area contributed by atoms with Crippen molar-refractivity contribution in [2.45, 2.75) is 51.2 Å². The Morgan fingerprint density at radius 1 is 1.56 bits per heavy atom. The molecule has 0 aromatic heterocycles. The van der Waals surface area contributed by atoms with Crippen molar-refractivity contribution in [3.05, 3.63) is 0 Å².